The SMILES string of the molecule is NC(=O)CN(CCC1CCCCC1)CC(=O)Nc1ccc(F)c(F)c1. The first-order chi connectivity index (χ1) is 11.9. The summed E-state index contributed by atoms with van der Waals surface area (Å²) in [6, 6.07) is 3.17. The van der Waals surface area contributed by atoms with Gasteiger partial charge in [-0.05, 0) is 31.0 Å². The van der Waals surface area contributed by atoms with Crippen LogP contribution in [0.4, 0.5) is 14.5 Å². The minimum Gasteiger partial charge on any atom is -0.369 e. The molecule has 138 valence electrons. The van der Waals surface area contributed by atoms with E-state index >= 15 is 0 Å². The normalized spacial score (nSPS) is 15.3. The predicted molar refractivity (Wildman–Crippen MR) is 91.8 cm³/mol. The van der Waals surface area contributed by atoms with E-state index in [4.69, 9.17) is 5.73 Å². The monoisotopic (exact) mass is 353 g/mol. The molecule has 3 N–H and O–H groups in total. The number of carbonyl (C=O) groups excluding carboxylic acids is 2. The van der Waals surface area contributed by atoms with Gasteiger partial charge in [-0.25, -0.2) is 8.78 Å². The second kappa shape index (κ2) is 9.46. The predicted octanol–water partition coefficient (Wildman–Crippen LogP) is 2.66. The van der Waals surface area contributed by atoms with E-state index in [1.807, 2.05) is 0 Å². The van der Waals surface area contributed by atoms with E-state index < -0.39 is 23.4 Å². The Kier molecular flexibility index (Phi) is 7.31. The van der Waals surface area contributed by atoms with E-state index in [0.717, 1.165) is 18.6 Å². The molecule has 0 unspecified atom stereocenters. The highest BCUT2D eigenvalue weighted by atomic mass is 19.2. The number of nitrogens with two attached hydrogens (primary N) is 1. The van der Waals surface area contributed by atoms with Gasteiger partial charge < -0.3 is 11.1 Å². The van der Waals surface area contributed by atoms with Crippen LogP contribution in [-0.2, 0) is 9.59 Å². The Bertz CT molecular complexity index is 604. The van der Waals surface area contributed by atoms with Gasteiger partial charge in [-0.3, -0.25) is 14.5 Å². The number of primary amides is 1. The summed E-state index contributed by atoms with van der Waals surface area (Å²) in [5.41, 5.74) is 5.44. The molecule has 0 radical (unpaired) electrons. The van der Waals surface area contributed by atoms with Crippen LogP contribution in [0.1, 0.15) is 38.5 Å². The minimum atomic E-state index is -1.02. The molecule has 0 bridgehead atoms. The first-order valence-electron chi connectivity index (χ1n) is 8.69. The highest BCUT2D eigenvalue weighted by Gasteiger charge is 2.18. The van der Waals surface area contributed by atoms with Gasteiger partial charge in [0, 0.05) is 11.8 Å². The Morgan fingerprint density at radius 3 is 2.48 bits per heavy atom. The van der Waals surface area contributed by atoms with E-state index in [1.54, 1.807) is 4.90 Å². The first kappa shape index (κ1) is 19.3. The van der Waals surface area contributed by atoms with Crippen molar-refractivity contribution in [3.05, 3.63) is 29.8 Å². The molecule has 1 aliphatic rings. The second-order valence-electron chi connectivity index (χ2n) is 6.65. The van der Waals surface area contributed by atoms with Gasteiger partial charge in [-0.15, -0.1) is 0 Å². The molecular formula is C18H25F2N3O2. The molecule has 5 nitrogen and oxygen atoms in total. The van der Waals surface area contributed by atoms with Crippen LogP contribution < -0.4 is 11.1 Å². The fraction of sp³-hybridized carbons (Fsp3) is 0.556. The van der Waals surface area contributed by atoms with Crippen LogP contribution in [0.15, 0.2) is 18.2 Å². The summed E-state index contributed by atoms with van der Waals surface area (Å²) < 4.78 is 26.1. The second-order valence-corrected chi connectivity index (χ2v) is 6.65. The Balaban J connectivity index is 1.87. The molecule has 1 aromatic carbocycles. The number of nitrogens with one attached hydrogen (secondary N) is 1. The molecule has 0 spiro atoms. The van der Waals surface area contributed by atoms with Crippen molar-refractivity contribution in [2.75, 3.05) is 25.0 Å². The number of hydrogen-bond acceptors (Lipinski definition) is 3. The van der Waals surface area contributed by atoms with Crippen LogP contribution in [0.3, 0.4) is 0 Å². The standard InChI is InChI=1S/C18H25F2N3O2/c19-15-7-6-14(10-16(15)20)22-18(25)12-23(11-17(21)24)9-8-13-4-2-1-3-5-13/h6-7,10,13H,1-5,8-9,11-12H2,(H2,21,24)(H,22,25). The minimum absolute atomic E-state index is 0.00206. The van der Waals surface area contributed by atoms with Crippen LogP contribution in [-0.4, -0.2) is 36.3 Å². The first-order valence-corrected chi connectivity index (χ1v) is 8.69. The number of benzene rings is 1. The number of halogens is 2. The molecule has 7 heteroatoms. The van der Waals surface area contributed by atoms with E-state index in [2.05, 4.69) is 5.32 Å². The maximum absolute atomic E-state index is 13.2. The number of nitrogens with zero attached hydrogens (tertiary/aromatic N) is 1. The smallest absolute Gasteiger partial charge is 0.238 e. The molecule has 1 aromatic rings. The number of rotatable bonds is 8. The van der Waals surface area contributed by atoms with Crippen molar-refractivity contribution in [3.8, 4) is 0 Å². The summed E-state index contributed by atoms with van der Waals surface area (Å²) in [5, 5.41) is 2.51. The maximum Gasteiger partial charge on any atom is 0.238 e. The number of hydrogen-bond donors (Lipinski definition) is 2. The van der Waals surface area contributed by atoms with Gasteiger partial charge in [0.05, 0.1) is 13.1 Å². The van der Waals surface area contributed by atoms with Gasteiger partial charge in [0.2, 0.25) is 11.8 Å². The summed E-state index contributed by atoms with van der Waals surface area (Å²) in [4.78, 5) is 25.1. The Morgan fingerprint density at radius 1 is 1.12 bits per heavy atom. The van der Waals surface area contributed by atoms with Crippen LogP contribution >= 0.6 is 0 Å². The van der Waals surface area contributed by atoms with Gasteiger partial charge in [0.15, 0.2) is 11.6 Å². The lowest BCUT2D eigenvalue weighted by Gasteiger charge is -2.26. The number of carbonyl (C=O) groups is 2. The molecule has 0 atom stereocenters. The number of anilines is 1. The van der Waals surface area contributed by atoms with Gasteiger partial charge >= 0.3 is 0 Å². The topological polar surface area (TPSA) is 75.4 Å². The van der Waals surface area contributed by atoms with Gasteiger partial charge in [0.1, 0.15) is 0 Å². The Morgan fingerprint density at radius 2 is 1.84 bits per heavy atom. The van der Waals surface area contributed by atoms with Crippen LogP contribution in [0, 0.1) is 17.6 Å². The Labute approximate surface area is 146 Å². The van der Waals surface area contributed by atoms with E-state index in [1.165, 1.54) is 38.2 Å². The van der Waals surface area contributed by atoms with Gasteiger partial charge in [-0.2, -0.15) is 0 Å². The maximum atomic E-state index is 13.2. The highest BCUT2D eigenvalue weighted by Crippen LogP contribution is 2.26. The summed E-state index contributed by atoms with van der Waals surface area (Å²) >= 11 is 0. The van der Waals surface area contributed by atoms with Crippen LogP contribution in [0.5, 0.6) is 0 Å². The van der Waals surface area contributed by atoms with Gasteiger partial charge in [-0.1, -0.05) is 32.1 Å². The van der Waals surface area contributed by atoms with Crippen molar-refractivity contribution in [2.24, 2.45) is 11.7 Å². The molecule has 2 rings (SSSR count). The molecule has 1 aliphatic carbocycles. The fourth-order valence-electron chi connectivity index (χ4n) is 3.25. The lowest BCUT2D eigenvalue weighted by atomic mass is 9.87. The van der Waals surface area contributed by atoms with Crippen molar-refractivity contribution in [1.29, 1.82) is 0 Å². The van der Waals surface area contributed by atoms with Crippen molar-refractivity contribution in [2.45, 2.75) is 38.5 Å². The van der Waals surface area contributed by atoms with E-state index in [-0.39, 0.29) is 18.8 Å². The lowest BCUT2D eigenvalue weighted by molar-refractivity contribution is -0.121. The average molecular weight is 353 g/mol. The molecule has 1 fully saturated rings. The zero-order valence-corrected chi connectivity index (χ0v) is 14.3. The molecule has 0 aliphatic heterocycles. The molecular weight excluding hydrogens is 328 g/mol. The molecule has 0 saturated heterocycles. The summed E-state index contributed by atoms with van der Waals surface area (Å²) in [6.07, 6.45) is 7.04. The van der Waals surface area contributed by atoms with Gasteiger partial charge in [0.25, 0.3) is 0 Å². The van der Waals surface area contributed by atoms with E-state index in [0.29, 0.717) is 12.5 Å². The molecule has 2 amide bonds. The van der Waals surface area contributed by atoms with Crippen LogP contribution in [0.2, 0.25) is 0 Å². The third-order valence-electron chi connectivity index (χ3n) is 4.53. The summed E-state index contributed by atoms with van der Waals surface area (Å²) in [6.45, 7) is 0.589. The van der Waals surface area contributed by atoms with Crippen molar-refractivity contribution >= 4 is 17.5 Å². The molecule has 1 saturated carbocycles. The van der Waals surface area contributed by atoms with Crippen molar-refractivity contribution < 1.29 is 18.4 Å². The largest absolute Gasteiger partial charge is 0.369 e. The quantitative estimate of drug-likeness (QED) is 0.754. The summed E-state index contributed by atoms with van der Waals surface area (Å²) in [7, 11) is 0. The molecule has 0 heterocycles. The molecule has 0 aromatic heterocycles. The fourth-order valence-corrected chi connectivity index (χ4v) is 3.25. The zero-order valence-electron chi connectivity index (χ0n) is 14.3. The third kappa shape index (κ3) is 6.78. The third-order valence-corrected chi connectivity index (χ3v) is 4.53. The molecule has 25 heavy (non-hydrogen) atoms. The highest BCUT2D eigenvalue weighted by molar-refractivity contribution is 5.92. The number of amides is 2. The Hall–Kier alpha value is -2.02. The summed E-state index contributed by atoms with van der Waals surface area (Å²) in [5.74, 6) is -2.26. The zero-order chi connectivity index (χ0) is 18.2. The van der Waals surface area contributed by atoms with Crippen LogP contribution in [0.25, 0.3) is 0 Å². The van der Waals surface area contributed by atoms with E-state index in [9.17, 15) is 18.4 Å². The van der Waals surface area contributed by atoms with Crippen molar-refractivity contribution in [3.63, 3.8) is 0 Å². The van der Waals surface area contributed by atoms with Crippen molar-refractivity contribution in [1.82, 2.24) is 4.90 Å². The lowest BCUT2D eigenvalue weighted by Crippen LogP contribution is -2.40. The average Bonchev–Trinajstić information content (AvgIpc) is 2.56.